The molecule has 3 N–H and O–H groups in total. The summed E-state index contributed by atoms with van der Waals surface area (Å²) in [7, 11) is 0. The van der Waals surface area contributed by atoms with Gasteiger partial charge in [-0.2, -0.15) is 13.2 Å². The first-order chi connectivity index (χ1) is 17.2. The maximum absolute atomic E-state index is 13.0. The van der Waals surface area contributed by atoms with Crippen LogP contribution in [0.4, 0.5) is 35.0 Å². The molecule has 0 aliphatic carbocycles. The van der Waals surface area contributed by atoms with Gasteiger partial charge in [-0.1, -0.05) is 54.6 Å². The van der Waals surface area contributed by atoms with E-state index in [0.717, 1.165) is 23.3 Å². The first kappa shape index (κ1) is 24.5. The second-order valence-electron chi connectivity index (χ2n) is 8.05. The van der Waals surface area contributed by atoms with Crippen molar-refractivity contribution in [1.29, 1.82) is 0 Å². The molecule has 0 radical (unpaired) electrons. The molecule has 4 rings (SSSR count). The van der Waals surface area contributed by atoms with Crippen LogP contribution in [0.2, 0.25) is 0 Å². The Kier molecular flexibility index (Phi) is 7.05. The fourth-order valence-corrected chi connectivity index (χ4v) is 3.68. The van der Waals surface area contributed by atoms with Crippen LogP contribution in [0.5, 0.6) is 0 Å². The maximum atomic E-state index is 13.0. The summed E-state index contributed by atoms with van der Waals surface area (Å²) in [6, 6.07) is 25.0. The number of nitrogens with one attached hydrogen (secondary N) is 3. The van der Waals surface area contributed by atoms with Gasteiger partial charge in [-0.25, -0.2) is 4.79 Å². The Morgan fingerprint density at radius 1 is 0.667 bits per heavy atom. The third-order valence-electron chi connectivity index (χ3n) is 5.44. The number of benzene rings is 4. The smallest absolute Gasteiger partial charge is 0.322 e. The average Bonchev–Trinajstić information content (AvgIpc) is 2.85. The molecular weight excluding hydrogens is 467 g/mol. The van der Waals surface area contributed by atoms with E-state index in [2.05, 4.69) is 16.0 Å². The summed E-state index contributed by atoms with van der Waals surface area (Å²) in [5.74, 6) is -0.376. The molecule has 0 unspecified atom stereocenters. The van der Waals surface area contributed by atoms with Crippen molar-refractivity contribution in [2.24, 2.45) is 0 Å². The number of alkyl halides is 3. The van der Waals surface area contributed by atoms with Crippen LogP contribution in [0, 0.1) is 6.92 Å². The van der Waals surface area contributed by atoms with Gasteiger partial charge in [-0.05, 0) is 60.5 Å². The van der Waals surface area contributed by atoms with Gasteiger partial charge in [0.25, 0.3) is 5.91 Å². The number of aryl methyl sites for hydroxylation is 1. The third kappa shape index (κ3) is 5.90. The van der Waals surface area contributed by atoms with Crippen LogP contribution in [-0.4, -0.2) is 11.9 Å². The summed E-state index contributed by atoms with van der Waals surface area (Å²) in [5.41, 5.74) is 2.78. The Balaban J connectivity index is 1.63. The minimum absolute atomic E-state index is 0.0160. The summed E-state index contributed by atoms with van der Waals surface area (Å²) in [4.78, 5) is 25.6. The molecule has 3 amide bonds. The molecule has 36 heavy (non-hydrogen) atoms. The predicted molar refractivity (Wildman–Crippen MR) is 135 cm³/mol. The van der Waals surface area contributed by atoms with E-state index in [1.165, 1.54) is 18.2 Å². The molecule has 4 aromatic carbocycles. The van der Waals surface area contributed by atoms with E-state index in [-0.39, 0.29) is 11.6 Å². The standard InChI is InChI=1S/C28H22F3N3O2/c1-18-8-5-6-13-23(18)24-15-14-19(26(35)32-21-10-3-2-4-11-21)16-25(24)34-27(36)33-22-12-7-9-20(17-22)28(29,30)31/h2-17H,1H3,(H,32,35)(H2,33,34,36). The highest BCUT2D eigenvalue weighted by Crippen LogP contribution is 2.33. The lowest BCUT2D eigenvalue weighted by Gasteiger charge is -2.16. The predicted octanol–water partition coefficient (Wildman–Crippen LogP) is 7.58. The van der Waals surface area contributed by atoms with Gasteiger partial charge in [0.1, 0.15) is 0 Å². The highest BCUT2D eigenvalue weighted by atomic mass is 19.4. The monoisotopic (exact) mass is 489 g/mol. The van der Waals surface area contributed by atoms with Gasteiger partial charge in [0.2, 0.25) is 0 Å². The molecule has 4 aromatic rings. The second-order valence-corrected chi connectivity index (χ2v) is 8.05. The zero-order valence-corrected chi connectivity index (χ0v) is 19.2. The van der Waals surface area contributed by atoms with Crippen molar-refractivity contribution < 1.29 is 22.8 Å². The molecule has 0 aromatic heterocycles. The molecule has 0 heterocycles. The number of anilines is 3. The molecule has 0 spiro atoms. The number of amides is 3. The van der Waals surface area contributed by atoms with E-state index in [4.69, 9.17) is 0 Å². The fourth-order valence-electron chi connectivity index (χ4n) is 3.68. The van der Waals surface area contributed by atoms with E-state index < -0.39 is 17.8 Å². The number of carbonyl (C=O) groups excluding carboxylic acids is 2. The van der Waals surface area contributed by atoms with Gasteiger partial charge in [-0.15, -0.1) is 0 Å². The van der Waals surface area contributed by atoms with Crippen LogP contribution < -0.4 is 16.0 Å². The molecule has 0 saturated heterocycles. The SMILES string of the molecule is Cc1ccccc1-c1ccc(C(=O)Nc2ccccc2)cc1NC(=O)Nc1cccc(C(F)(F)F)c1. The van der Waals surface area contributed by atoms with Gasteiger partial charge < -0.3 is 16.0 Å². The van der Waals surface area contributed by atoms with Crippen LogP contribution in [0.3, 0.4) is 0 Å². The first-order valence-electron chi connectivity index (χ1n) is 11.0. The third-order valence-corrected chi connectivity index (χ3v) is 5.44. The highest BCUT2D eigenvalue weighted by molar-refractivity contribution is 6.08. The minimum Gasteiger partial charge on any atom is -0.322 e. The lowest BCUT2D eigenvalue weighted by Crippen LogP contribution is -2.21. The number of para-hydroxylation sites is 1. The highest BCUT2D eigenvalue weighted by Gasteiger charge is 2.30. The fraction of sp³-hybridized carbons (Fsp3) is 0.0714. The first-order valence-corrected chi connectivity index (χ1v) is 11.0. The van der Waals surface area contributed by atoms with Crippen molar-refractivity contribution >= 4 is 29.0 Å². The molecule has 0 fully saturated rings. The zero-order chi connectivity index (χ0) is 25.7. The van der Waals surface area contributed by atoms with Crippen LogP contribution in [0.15, 0.2) is 97.1 Å². The minimum atomic E-state index is -4.54. The molecule has 0 atom stereocenters. The Labute approximate surface area is 206 Å². The van der Waals surface area contributed by atoms with E-state index in [0.29, 0.717) is 22.5 Å². The average molecular weight is 489 g/mol. The van der Waals surface area contributed by atoms with Crippen molar-refractivity contribution in [3.05, 3.63) is 114 Å². The lowest BCUT2D eigenvalue weighted by molar-refractivity contribution is -0.137. The van der Waals surface area contributed by atoms with E-state index in [1.807, 2.05) is 37.3 Å². The summed E-state index contributed by atoms with van der Waals surface area (Å²) < 4.78 is 39.1. The van der Waals surface area contributed by atoms with Crippen molar-refractivity contribution in [3.63, 3.8) is 0 Å². The van der Waals surface area contributed by atoms with E-state index in [1.54, 1.807) is 36.4 Å². The largest absolute Gasteiger partial charge is 0.416 e. The topological polar surface area (TPSA) is 70.2 Å². The molecule has 8 heteroatoms. The Morgan fingerprint density at radius 2 is 1.36 bits per heavy atom. The summed E-state index contributed by atoms with van der Waals surface area (Å²) >= 11 is 0. The number of carbonyl (C=O) groups is 2. The number of rotatable bonds is 5. The van der Waals surface area contributed by atoms with Crippen molar-refractivity contribution in [2.75, 3.05) is 16.0 Å². The zero-order valence-electron chi connectivity index (χ0n) is 19.2. The second kappa shape index (κ2) is 10.4. The summed E-state index contributed by atoms with van der Waals surface area (Å²) in [5, 5.41) is 7.92. The van der Waals surface area contributed by atoms with Crippen molar-refractivity contribution in [3.8, 4) is 11.1 Å². The number of hydrogen-bond donors (Lipinski definition) is 3. The van der Waals surface area contributed by atoms with Gasteiger partial charge in [0.05, 0.1) is 11.3 Å². The van der Waals surface area contributed by atoms with Crippen LogP contribution in [0.1, 0.15) is 21.5 Å². The normalized spacial score (nSPS) is 11.0. The van der Waals surface area contributed by atoms with E-state index in [9.17, 15) is 22.8 Å². The lowest BCUT2D eigenvalue weighted by atomic mass is 9.97. The Bertz CT molecular complexity index is 1400. The van der Waals surface area contributed by atoms with Gasteiger partial charge >= 0.3 is 12.2 Å². The van der Waals surface area contributed by atoms with Crippen molar-refractivity contribution in [2.45, 2.75) is 13.1 Å². The quantitative estimate of drug-likeness (QED) is 0.270. The Hall–Kier alpha value is -4.59. The number of urea groups is 1. The summed E-state index contributed by atoms with van der Waals surface area (Å²) in [6.07, 6.45) is -4.54. The van der Waals surface area contributed by atoms with Crippen LogP contribution >= 0.6 is 0 Å². The molecule has 0 saturated carbocycles. The van der Waals surface area contributed by atoms with Crippen LogP contribution in [-0.2, 0) is 6.18 Å². The van der Waals surface area contributed by atoms with Crippen LogP contribution in [0.25, 0.3) is 11.1 Å². The molecule has 5 nitrogen and oxygen atoms in total. The molecule has 0 aliphatic heterocycles. The molecular formula is C28H22F3N3O2. The van der Waals surface area contributed by atoms with Gasteiger partial charge in [-0.3, -0.25) is 4.79 Å². The Morgan fingerprint density at radius 3 is 2.08 bits per heavy atom. The number of hydrogen-bond acceptors (Lipinski definition) is 2. The number of halogens is 3. The van der Waals surface area contributed by atoms with Crippen molar-refractivity contribution in [1.82, 2.24) is 0 Å². The maximum Gasteiger partial charge on any atom is 0.416 e. The van der Waals surface area contributed by atoms with Gasteiger partial charge in [0.15, 0.2) is 0 Å². The molecule has 0 aliphatic rings. The summed E-state index contributed by atoms with van der Waals surface area (Å²) in [6.45, 7) is 1.91. The molecule has 0 bridgehead atoms. The van der Waals surface area contributed by atoms with E-state index >= 15 is 0 Å². The van der Waals surface area contributed by atoms with Gasteiger partial charge in [0, 0.05) is 22.5 Å². The molecule has 182 valence electrons.